The van der Waals surface area contributed by atoms with Gasteiger partial charge in [0.1, 0.15) is 12.4 Å². The lowest BCUT2D eigenvalue weighted by Crippen LogP contribution is -2.28. The summed E-state index contributed by atoms with van der Waals surface area (Å²) in [4.78, 5) is 20.7. The molecule has 0 saturated carbocycles. The highest BCUT2D eigenvalue weighted by molar-refractivity contribution is 9.10. The third-order valence-electron chi connectivity index (χ3n) is 6.14. The van der Waals surface area contributed by atoms with Gasteiger partial charge in [0.2, 0.25) is 0 Å². The maximum absolute atomic E-state index is 13.9. The quantitative estimate of drug-likeness (QED) is 0.192. The maximum Gasteiger partial charge on any atom is 0.271 e. The number of hydrogen-bond donors (Lipinski definition) is 0. The Bertz CT molecular complexity index is 1690. The number of halogens is 4. The van der Waals surface area contributed by atoms with Crippen molar-refractivity contribution in [1.29, 1.82) is 0 Å². The van der Waals surface area contributed by atoms with E-state index in [0.29, 0.717) is 48.9 Å². The molecule has 0 unspecified atom stereocenters. The minimum Gasteiger partial charge on any atom is -0.488 e. The summed E-state index contributed by atoms with van der Waals surface area (Å²) in [6.45, 7) is 4.17. The van der Waals surface area contributed by atoms with Gasteiger partial charge >= 0.3 is 0 Å². The SMILES string of the molecule is Cc1ccc(N=C2S/C(=C/c3cc(Br)ccc3OCc3cccc(Cl)c3)C(=O)N2c2ccc(C)c(Cl)c2)cc1Cl. The van der Waals surface area contributed by atoms with Crippen LogP contribution in [0.3, 0.4) is 0 Å². The second-order valence-electron chi connectivity index (χ2n) is 9.11. The average Bonchev–Trinajstić information content (AvgIpc) is 3.21. The van der Waals surface area contributed by atoms with Gasteiger partial charge in [-0.25, -0.2) is 4.99 Å². The molecule has 0 radical (unpaired) electrons. The van der Waals surface area contributed by atoms with Crippen molar-refractivity contribution in [3.63, 3.8) is 0 Å². The molecule has 4 aromatic carbocycles. The van der Waals surface area contributed by atoms with Crippen LogP contribution in [0.4, 0.5) is 11.4 Å². The van der Waals surface area contributed by atoms with Crippen molar-refractivity contribution in [3.8, 4) is 5.75 Å². The van der Waals surface area contributed by atoms with Crippen LogP contribution in [0.15, 0.2) is 93.2 Å². The highest BCUT2D eigenvalue weighted by Gasteiger charge is 2.35. The van der Waals surface area contributed by atoms with Crippen LogP contribution >= 0.6 is 62.5 Å². The van der Waals surface area contributed by atoms with E-state index in [0.717, 1.165) is 26.7 Å². The van der Waals surface area contributed by atoms with Crippen LogP contribution in [0.25, 0.3) is 6.08 Å². The zero-order valence-corrected chi connectivity index (χ0v) is 26.1. The number of carbonyl (C=O) groups excluding carboxylic acids is 1. The number of ether oxygens (including phenoxy) is 1. The van der Waals surface area contributed by atoms with Crippen LogP contribution in [0.2, 0.25) is 15.1 Å². The molecule has 0 aliphatic carbocycles. The fourth-order valence-corrected chi connectivity index (χ4v) is 5.88. The lowest BCUT2D eigenvalue weighted by molar-refractivity contribution is -0.113. The molecular weight excluding hydrogens is 651 g/mol. The van der Waals surface area contributed by atoms with Crippen molar-refractivity contribution in [1.82, 2.24) is 0 Å². The van der Waals surface area contributed by atoms with E-state index in [-0.39, 0.29) is 5.91 Å². The zero-order valence-electron chi connectivity index (χ0n) is 21.4. The van der Waals surface area contributed by atoms with Crippen molar-refractivity contribution in [2.24, 2.45) is 4.99 Å². The molecule has 9 heteroatoms. The van der Waals surface area contributed by atoms with Crippen LogP contribution in [0, 0.1) is 13.8 Å². The number of anilines is 1. The summed E-state index contributed by atoms with van der Waals surface area (Å²) in [6, 6.07) is 24.3. The third-order valence-corrected chi connectivity index (χ3v) is 8.65. The van der Waals surface area contributed by atoms with E-state index in [1.807, 2.05) is 86.7 Å². The molecule has 4 aromatic rings. The van der Waals surface area contributed by atoms with E-state index >= 15 is 0 Å². The second-order valence-corrected chi connectivity index (χ2v) is 12.3. The van der Waals surface area contributed by atoms with E-state index in [1.54, 1.807) is 17.0 Å². The Hall–Kier alpha value is -2.74. The summed E-state index contributed by atoms with van der Waals surface area (Å²) in [6.07, 6.45) is 1.82. The van der Waals surface area contributed by atoms with Crippen molar-refractivity contribution in [2.45, 2.75) is 20.5 Å². The number of amidine groups is 1. The van der Waals surface area contributed by atoms with Gasteiger partial charge in [0, 0.05) is 25.1 Å². The van der Waals surface area contributed by atoms with Crippen molar-refractivity contribution >= 4 is 91.0 Å². The van der Waals surface area contributed by atoms with Gasteiger partial charge < -0.3 is 4.74 Å². The van der Waals surface area contributed by atoms with E-state index in [4.69, 9.17) is 44.5 Å². The topological polar surface area (TPSA) is 41.9 Å². The predicted octanol–water partition coefficient (Wildman–Crippen LogP) is 10.4. The first-order chi connectivity index (χ1) is 19.2. The highest BCUT2D eigenvalue weighted by Crippen LogP contribution is 2.40. The fourth-order valence-electron chi connectivity index (χ4n) is 3.95. The smallest absolute Gasteiger partial charge is 0.271 e. The average molecular weight is 673 g/mol. The molecule has 0 N–H and O–H groups in total. The molecule has 0 bridgehead atoms. The predicted molar refractivity (Wildman–Crippen MR) is 172 cm³/mol. The number of hydrogen-bond acceptors (Lipinski definition) is 4. The molecule has 0 spiro atoms. The molecule has 202 valence electrons. The summed E-state index contributed by atoms with van der Waals surface area (Å²) in [5.41, 5.74) is 4.81. The van der Waals surface area contributed by atoms with Gasteiger partial charge in [-0.3, -0.25) is 9.69 Å². The first-order valence-electron chi connectivity index (χ1n) is 12.2. The number of thioether (sulfide) groups is 1. The van der Waals surface area contributed by atoms with Gasteiger partial charge in [0.15, 0.2) is 5.17 Å². The number of rotatable bonds is 6. The molecule has 4 nitrogen and oxygen atoms in total. The Balaban J connectivity index is 1.54. The van der Waals surface area contributed by atoms with Crippen LogP contribution in [0.5, 0.6) is 5.75 Å². The lowest BCUT2D eigenvalue weighted by atomic mass is 10.1. The van der Waals surface area contributed by atoms with Crippen LogP contribution < -0.4 is 9.64 Å². The number of aliphatic imine (C=N–C) groups is 1. The van der Waals surface area contributed by atoms with Crippen molar-refractivity contribution in [2.75, 3.05) is 4.90 Å². The molecule has 1 aliphatic heterocycles. The van der Waals surface area contributed by atoms with Crippen molar-refractivity contribution in [3.05, 3.63) is 126 Å². The van der Waals surface area contributed by atoms with Crippen LogP contribution in [-0.2, 0) is 11.4 Å². The van der Waals surface area contributed by atoms with Crippen LogP contribution in [-0.4, -0.2) is 11.1 Å². The maximum atomic E-state index is 13.9. The van der Waals surface area contributed by atoms with E-state index < -0.39 is 0 Å². The van der Waals surface area contributed by atoms with Gasteiger partial charge in [0.05, 0.1) is 16.3 Å². The molecule has 5 rings (SSSR count). The van der Waals surface area contributed by atoms with E-state index in [9.17, 15) is 4.79 Å². The normalized spacial score (nSPS) is 15.3. The highest BCUT2D eigenvalue weighted by atomic mass is 79.9. The first kappa shape index (κ1) is 28.8. The number of carbonyl (C=O) groups is 1. The molecule has 1 heterocycles. The van der Waals surface area contributed by atoms with Crippen molar-refractivity contribution < 1.29 is 9.53 Å². The van der Waals surface area contributed by atoms with Gasteiger partial charge in [-0.15, -0.1) is 0 Å². The Labute approximate surface area is 260 Å². The Kier molecular flexibility index (Phi) is 8.93. The standard InChI is InChI=1S/C31H22BrCl3N2O2S/c1-18-6-9-24(15-26(18)34)36-31-37(25-10-7-19(2)27(35)16-25)30(38)29(40-31)14-21-13-22(32)8-11-28(21)39-17-20-4-3-5-23(33)12-20/h3-16H,17H2,1-2H3/b29-14+,36-31?. The summed E-state index contributed by atoms with van der Waals surface area (Å²) >= 11 is 23.8. The van der Waals surface area contributed by atoms with Gasteiger partial charge in [-0.2, -0.15) is 0 Å². The summed E-state index contributed by atoms with van der Waals surface area (Å²) < 4.78 is 7.00. The third kappa shape index (κ3) is 6.59. The fraction of sp³-hybridized carbons (Fsp3) is 0.0968. The van der Waals surface area contributed by atoms with Gasteiger partial charge in [0.25, 0.3) is 5.91 Å². The number of benzene rings is 4. The monoisotopic (exact) mass is 670 g/mol. The summed E-state index contributed by atoms with van der Waals surface area (Å²) in [5.74, 6) is 0.410. The lowest BCUT2D eigenvalue weighted by Gasteiger charge is -2.16. The summed E-state index contributed by atoms with van der Waals surface area (Å²) in [7, 11) is 0. The minimum atomic E-state index is -0.220. The molecule has 0 atom stereocenters. The number of amides is 1. The second kappa shape index (κ2) is 12.4. The molecule has 1 aliphatic rings. The molecule has 0 aromatic heterocycles. The Morgan fingerprint density at radius 2 is 1.68 bits per heavy atom. The minimum absolute atomic E-state index is 0.220. The number of nitrogens with zero attached hydrogens (tertiary/aromatic N) is 2. The van der Waals surface area contributed by atoms with Crippen LogP contribution in [0.1, 0.15) is 22.3 Å². The van der Waals surface area contributed by atoms with Gasteiger partial charge in [-0.1, -0.05) is 75.0 Å². The van der Waals surface area contributed by atoms with E-state index in [2.05, 4.69) is 15.9 Å². The Morgan fingerprint density at radius 3 is 2.40 bits per heavy atom. The molecule has 40 heavy (non-hydrogen) atoms. The summed E-state index contributed by atoms with van der Waals surface area (Å²) in [5, 5.41) is 2.30. The molecule has 1 fully saturated rings. The largest absolute Gasteiger partial charge is 0.488 e. The Morgan fingerprint density at radius 1 is 0.925 bits per heavy atom. The zero-order chi connectivity index (χ0) is 28.4. The van der Waals surface area contributed by atoms with E-state index in [1.165, 1.54) is 11.8 Å². The molecular formula is C31H22BrCl3N2O2S. The number of aryl methyl sites for hydroxylation is 2. The molecule has 1 saturated heterocycles. The van der Waals surface area contributed by atoms with Gasteiger partial charge in [-0.05, 0) is 103 Å². The molecule has 1 amide bonds. The first-order valence-corrected chi connectivity index (χ1v) is 14.9.